The third-order valence-electron chi connectivity index (χ3n) is 3.39. The summed E-state index contributed by atoms with van der Waals surface area (Å²) in [7, 11) is 0. The number of thioether (sulfide) groups is 1. The predicted octanol–water partition coefficient (Wildman–Crippen LogP) is 4.25. The van der Waals surface area contributed by atoms with Gasteiger partial charge in [-0.15, -0.1) is 0 Å². The van der Waals surface area contributed by atoms with Gasteiger partial charge in [0.1, 0.15) is 11.5 Å². The number of hydrogen-bond acceptors (Lipinski definition) is 4. The van der Waals surface area contributed by atoms with Crippen molar-refractivity contribution in [3.8, 4) is 11.3 Å². The Hall–Kier alpha value is -1.79. The number of aliphatic imine (C=N–C) groups is 1. The van der Waals surface area contributed by atoms with Crippen molar-refractivity contribution >= 4 is 44.8 Å². The third kappa shape index (κ3) is 2.89. The Bertz CT molecular complexity index is 837. The predicted molar refractivity (Wildman–Crippen MR) is 93.5 cm³/mol. The van der Waals surface area contributed by atoms with Crippen molar-refractivity contribution in [3.05, 3.63) is 50.5 Å². The van der Waals surface area contributed by atoms with Crippen LogP contribution in [0.25, 0.3) is 17.4 Å². The fraction of sp³-hybridized carbons (Fsp3) is 0.125. The Morgan fingerprint density at radius 2 is 2.00 bits per heavy atom. The number of aryl methyl sites for hydroxylation is 2. The molecular weight excluding hydrogens is 364 g/mol. The van der Waals surface area contributed by atoms with Crippen LogP contribution in [0.1, 0.15) is 16.9 Å². The van der Waals surface area contributed by atoms with E-state index in [1.165, 1.54) is 11.1 Å². The average Bonchev–Trinajstić information content (AvgIpc) is 3.02. The molecule has 0 aliphatic carbocycles. The SMILES string of the molecule is Cc1cc(Br)c(-c2ccc(/C=C3/SC(N)=NC3=O)o2)cc1C. The summed E-state index contributed by atoms with van der Waals surface area (Å²) in [5, 5.41) is 0.264. The molecule has 112 valence electrons. The van der Waals surface area contributed by atoms with Gasteiger partial charge in [0.15, 0.2) is 5.17 Å². The fourth-order valence-electron chi connectivity index (χ4n) is 2.10. The van der Waals surface area contributed by atoms with E-state index >= 15 is 0 Å². The van der Waals surface area contributed by atoms with E-state index < -0.39 is 0 Å². The number of carbonyl (C=O) groups is 1. The number of benzene rings is 1. The van der Waals surface area contributed by atoms with E-state index in [-0.39, 0.29) is 11.1 Å². The van der Waals surface area contributed by atoms with Gasteiger partial charge in [-0.3, -0.25) is 4.79 Å². The normalized spacial score (nSPS) is 16.4. The largest absolute Gasteiger partial charge is 0.457 e. The molecule has 4 nitrogen and oxygen atoms in total. The average molecular weight is 377 g/mol. The molecule has 0 saturated carbocycles. The quantitative estimate of drug-likeness (QED) is 0.795. The van der Waals surface area contributed by atoms with Gasteiger partial charge in [0.05, 0.1) is 4.91 Å². The molecule has 1 aliphatic heterocycles. The first-order chi connectivity index (χ1) is 10.4. The van der Waals surface area contributed by atoms with Crippen LogP contribution in [-0.4, -0.2) is 11.1 Å². The first-order valence-corrected chi connectivity index (χ1v) is 8.20. The number of rotatable bonds is 2. The minimum atomic E-state index is -0.326. The molecule has 3 rings (SSSR count). The highest BCUT2D eigenvalue weighted by Gasteiger charge is 2.20. The van der Waals surface area contributed by atoms with Gasteiger partial charge in [0.25, 0.3) is 5.91 Å². The van der Waals surface area contributed by atoms with Gasteiger partial charge in [-0.2, -0.15) is 4.99 Å². The van der Waals surface area contributed by atoms with Crippen LogP contribution in [0.15, 0.2) is 43.1 Å². The highest BCUT2D eigenvalue weighted by Crippen LogP contribution is 2.33. The highest BCUT2D eigenvalue weighted by atomic mass is 79.9. The Morgan fingerprint density at radius 3 is 2.68 bits per heavy atom. The maximum absolute atomic E-state index is 11.6. The molecular formula is C16H13BrN2O2S. The van der Waals surface area contributed by atoms with Crippen LogP contribution in [0.2, 0.25) is 0 Å². The molecule has 1 aliphatic rings. The number of hydrogen-bond donors (Lipinski definition) is 1. The van der Waals surface area contributed by atoms with Crippen LogP contribution in [-0.2, 0) is 4.79 Å². The van der Waals surface area contributed by atoms with Crippen LogP contribution in [0.4, 0.5) is 0 Å². The molecule has 1 amide bonds. The number of nitrogens with two attached hydrogens (primary N) is 1. The standard InChI is InChI=1S/C16H13BrN2O2S/c1-8-5-11(12(17)6-9(8)2)13-4-3-10(21-13)7-14-15(20)19-16(18)22-14/h3-7H,1-2H3,(H2,18,19,20)/b14-7+. The molecule has 0 fully saturated rings. The smallest absolute Gasteiger partial charge is 0.286 e. The number of carbonyl (C=O) groups excluding carboxylic acids is 1. The molecule has 6 heteroatoms. The van der Waals surface area contributed by atoms with E-state index in [2.05, 4.69) is 46.9 Å². The molecule has 1 aromatic carbocycles. The number of amidine groups is 1. The van der Waals surface area contributed by atoms with Crippen LogP contribution < -0.4 is 5.73 Å². The van der Waals surface area contributed by atoms with E-state index in [1.54, 1.807) is 6.08 Å². The topological polar surface area (TPSA) is 68.6 Å². The number of furan rings is 1. The van der Waals surface area contributed by atoms with Crippen LogP contribution in [0, 0.1) is 13.8 Å². The Labute approximate surface area is 140 Å². The van der Waals surface area contributed by atoms with E-state index in [9.17, 15) is 4.79 Å². The van der Waals surface area contributed by atoms with E-state index in [4.69, 9.17) is 10.2 Å². The van der Waals surface area contributed by atoms with Gasteiger partial charge >= 0.3 is 0 Å². The summed E-state index contributed by atoms with van der Waals surface area (Å²) in [4.78, 5) is 15.7. The summed E-state index contributed by atoms with van der Waals surface area (Å²) in [5.74, 6) is 1.01. The van der Waals surface area contributed by atoms with Gasteiger partial charge in [-0.1, -0.05) is 15.9 Å². The Morgan fingerprint density at radius 1 is 1.27 bits per heavy atom. The van der Waals surface area contributed by atoms with Crippen LogP contribution >= 0.6 is 27.7 Å². The molecule has 2 N–H and O–H groups in total. The Kier molecular flexibility index (Phi) is 3.97. The highest BCUT2D eigenvalue weighted by molar-refractivity contribution is 9.10. The van der Waals surface area contributed by atoms with Crippen molar-refractivity contribution in [2.45, 2.75) is 13.8 Å². The molecule has 1 aromatic heterocycles. The summed E-state index contributed by atoms with van der Waals surface area (Å²) in [6, 6.07) is 7.85. The van der Waals surface area contributed by atoms with Crippen LogP contribution in [0.5, 0.6) is 0 Å². The minimum Gasteiger partial charge on any atom is -0.457 e. The lowest BCUT2D eigenvalue weighted by atomic mass is 10.1. The molecule has 0 radical (unpaired) electrons. The van der Waals surface area contributed by atoms with Gasteiger partial charge in [0, 0.05) is 16.1 Å². The molecule has 2 heterocycles. The summed E-state index contributed by atoms with van der Waals surface area (Å²) in [5.41, 5.74) is 8.92. The third-order valence-corrected chi connectivity index (χ3v) is 4.85. The summed E-state index contributed by atoms with van der Waals surface area (Å²) >= 11 is 4.72. The van der Waals surface area contributed by atoms with Crippen molar-refractivity contribution in [3.63, 3.8) is 0 Å². The maximum Gasteiger partial charge on any atom is 0.286 e. The summed E-state index contributed by atoms with van der Waals surface area (Å²) in [6.45, 7) is 4.13. The summed E-state index contributed by atoms with van der Waals surface area (Å²) in [6.07, 6.45) is 1.66. The fourth-order valence-corrected chi connectivity index (χ4v) is 3.41. The molecule has 0 bridgehead atoms. The zero-order valence-electron chi connectivity index (χ0n) is 12.0. The second-order valence-corrected chi connectivity index (χ2v) is 6.90. The van der Waals surface area contributed by atoms with Gasteiger partial charge in [-0.25, -0.2) is 0 Å². The van der Waals surface area contributed by atoms with Gasteiger partial charge < -0.3 is 10.2 Å². The molecule has 0 spiro atoms. The van der Waals surface area contributed by atoms with Crippen molar-refractivity contribution in [2.24, 2.45) is 10.7 Å². The molecule has 2 aromatic rings. The number of amides is 1. The number of nitrogens with zero attached hydrogens (tertiary/aromatic N) is 1. The molecule has 0 atom stereocenters. The maximum atomic E-state index is 11.6. The van der Waals surface area contributed by atoms with Crippen molar-refractivity contribution in [1.82, 2.24) is 0 Å². The van der Waals surface area contributed by atoms with E-state index in [1.807, 2.05) is 12.1 Å². The van der Waals surface area contributed by atoms with Crippen molar-refractivity contribution in [2.75, 3.05) is 0 Å². The second kappa shape index (κ2) is 5.78. The van der Waals surface area contributed by atoms with E-state index in [0.717, 1.165) is 27.6 Å². The molecule has 0 saturated heterocycles. The first-order valence-electron chi connectivity index (χ1n) is 6.59. The number of halogens is 1. The van der Waals surface area contributed by atoms with E-state index in [0.29, 0.717) is 10.7 Å². The van der Waals surface area contributed by atoms with Gasteiger partial charge in [0.2, 0.25) is 0 Å². The van der Waals surface area contributed by atoms with Gasteiger partial charge in [-0.05, 0) is 61.0 Å². The first kappa shape index (κ1) is 15.1. The monoisotopic (exact) mass is 376 g/mol. The zero-order valence-corrected chi connectivity index (χ0v) is 14.4. The van der Waals surface area contributed by atoms with Crippen LogP contribution in [0.3, 0.4) is 0 Å². The lowest BCUT2D eigenvalue weighted by Gasteiger charge is -2.06. The molecule has 22 heavy (non-hydrogen) atoms. The second-order valence-electron chi connectivity index (χ2n) is 4.98. The Balaban J connectivity index is 1.94. The minimum absolute atomic E-state index is 0.264. The van der Waals surface area contributed by atoms with Crippen molar-refractivity contribution in [1.29, 1.82) is 0 Å². The molecule has 0 unspecified atom stereocenters. The lowest BCUT2D eigenvalue weighted by molar-refractivity contribution is -0.113. The lowest BCUT2D eigenvalue weighted by Crippen LogP contribution is -2.01. The zero-order chi connectivity index (χ0) is 15.9. The summed E-state index contributed by atoms with van der Waals surface area (Å²) < 4.78 is 6.80. The van der Waals surface area contributed by atoms with Crippen molar-refractivity contribution < 1.29 is 9.21 Å².